The lowest BCUT2D eigenvalue weighted by Gasteiger charge is -2.20. The van der Waals surface area contributed by atoms with Gasteiger partial charge < -0.3 is 25.0 Å². The Kier molecular flexibility index (Phi) is 16.3. The van der Waals surface area contributed by atoms with Crippen LogP contribution in [0.25, 0.3) is 0 Å². The summed E-state index contributed by atoms with van der Waals surface area (Å²) in [6.45, 7) is 12.9. The van der Waals surface area contributed by atoms with Crippen molar-refractivity contribution in [3.8, 4) is 0 Å². The third kappa shape index (κ3) is 11.4. The molecule has 1 aliphatic rings. The van der Waals surface area contributed by atoms with Gasteiger partial charge in [-0.3, -0.25) is 4.99 Å². The highest BCUT2D eigenvalue weighted by atomic mass is 127. The first kappa shape index (κ1) is 23.9. The Morgan fingerprint density at radius 3 is 2.67 bits per heavy atom. The first-order chi connectivity index (χ1) is 11.3. The number of halogens is 1. The molecule has 0 aromatic heterocycles. The number of ether oxygens (including phenoxy) is 2. The number of nitrogens with one attached hydrogen (secondary N) is 2. The van der Waals surface area contributed by atoms with E-state index >= 15 is 0 Å². The van der Waals surface area contributed by atoms with E-state index in [4.69, 9.17) is 9.47 Å². The van der Waals surface area contributed by atoms with Crippen molar-refractivity contribution in [3.05, 3.63) is 0 Å². The fourth-order valence-corrected chi connectivity index (χ4v) is 2.64. The highest BCUT2D eigenvalue weighted by Gasteiger charge is 2.15. The molecular weight excluding hydrogens is 419 g/mol. The summed E-state index contributed by atoms with van der Waals surface area (Å²) in [5.41, 5.74) is 0. The third-order valence-electron chi connectivity index (χ3n) is 4.07. The topological polar surface area (TPSA) is 58.1 Å². The van der Waals surface area contributed by atoms with E-state index in [1.165, 1.54) is 6.42 Å². The number of guanidine groups is 1. The van der Waals surface area contributed by atoms with Crippen molar-refractivity contribution in [1.29, 1.82) is 0 Å². The molecular formula is C17H37IN4O2. The zero-order chi connectivity index (χ0) is 16.8. The normalized spacial score (nSPS) is 17.8. The number of hydrogen-bond acceptors (Lipinski definition) is 4. The van der Waals surface area contributed by atoms with Crippen LogP contribution < -0.4 is 10.6 Å². The van der Waals surface area contributed by atoms with Gasteiger partial charge in [0.15, 0.2) is 5.96 Å². The first-order valence-electron chi connectivity index (χ1n) is 9.12. The largest absolute Gasteiger partial charge is 0.381 e. The molecule has 24 heavy (non-hydrogen) atoms. The summed E-state index contributed by atoms with van der Waals surface area (Å²) in [7, 11) is 1.82. The van der Waals surface area contributed by atoms with E-state index in [2.05, 4.69) is 34.4 Å². The fraction of sp³-hybridized carbons (Fsp3) is 0.941. The summed E-state index contributed by atoms with van der Waals surface area (Å²) < 4.78 is 11.0. The fourth-order valence-electron chi connectivity index (χ4n) is 2.64. The minimum absolute atomic E-state index is 0. The molecule has 0 bridgehead atoms. The molecule has 0 spiro atoms. The van der Waals surface area contributed by atoms with E-state index in [0.717, 1.165) is 78.0 Å². The molecule has 0 saturated carbocycles. The van der Waals surface area contributed by atoms with Crippen molar-refractivity contribution in [3.63, 3.8) is 0 Å². The molecule has 1 saturated heterocycles. The van der Waals surface area contributed by atoms with Crippen LogP contribution in [0, 0.1) is 5.92 Å². The van der Waals surface area contributed by atoms with Gasteiger partial charge in [0, 0.05) is 45.8 Å². The minimum atomic E-state index is 0. The van der Waals surface area contributed by atoms with Gasteiger partial charge in [-0.15, -0.1) is 24.0 Å². The number of aliphatic imine (C=N–C) groups is 1. The van der Waals surface area contributed by atoms with E-state index < -0.39 is 0 Å². The van der Waals surface area contributed by atoms with Crippen LogP contribution >= 0.6 is 24.0 Å². The molecule has 0 amide bonds. The lowest BCUT2D eigenvalue weighted by molar-refractivity contribution is 0.0888. The highest BCUT2D eigenvalue weighted by Crippen LogP contribution is 2.12. The van der Waals surface area contributed by atoms with Gasteiger partial charge in [0.2, 0.25) is 0 Å². The minimum Gasteiger partial charge on any atom is -0.381 e. The molecule has 1 atom stereocenters. The molecule has 0 aromatic carbocycles. The van der Waals surface area contributed by atoms with Crippen LogP contribution in [-0.4, -0.2) is 77.1 Å². The first-order valence-corrected chi connectivity index (χ1v) is 9.12. The van der Waals surface area contributed by atoms with Crippen molar-refractivity contribution in [1.82, 2.24) is 15.5 Å². The van der Waals surface area contributed by atoms with Crippen LogP contribution in [-0.2, 0) is 9.47 Å². The lowest BCUT2D eigenvalue weighted by Crippen LogP contribution is -2.42. The zero-order valence-corrected chi connectivity index (χ0v) is 18.0. The predicted molar refractivity (Wildman–Crippen MR) is 112 cm³/mol. The summed E-state index contributed by atoms with van der Waals surface area (Å²) in [4.78, 5) is 6.70. The maximum absolute atomic E-state index is 5.70. The Morgan fingerprint density at radius 1 is 1.25 bits per heavy atom. The summed E-state index contributed by atoms with van der Waals surface area (Å²) in [5.74, 6) is 1.48. The molecule has 0 aromatic rings. The molecule has 1 unspecified atom stereocenters. The molecule has 1 heterocycles. The van der Waals surface area contributed by atoms with Crippen molar-refractivity contribution >= 4 is 29.9 Å². The van der Waals surface area contributed by atoms with E-state index in [1.807, 2.05) is 7.05 Å². The molecule has 1 fully saturated rings. The van der Waals surface area contributed by atoms with Gasteiger partial charge in [0.25, 0.3) is 0 Å². The number of rotatable bonds is 12. The molecule has 1 rings (SSSR count). The van der Waals surface area contributed by atoms with Gasteiger partial charge in [-0.2, -0.15) is 0 Å². The predicted octanol–water partition coefficient (Wildman–Crippen LogP) is 1.94. The molecule has 0 aliphatic carbocycles. The van der Waals surface area contributed by atoms with Crippen LogP contribution in [0.15, 0.2) is 4.99 Å². The lowest BCUT2D eigenvalue weighted by atomic mass is 10.1. The van der Waals surface area contributed by atoms with Crippen molar-refractivity contribution < 1.29 is 9.47 Å². The van der Waals surface area contributed by atoms with E-state index in [1.54, 1.807) is 0 Å². The molecule has 1 aliphatic heterocycles. The van der Waals surface area contributed by atoms with Crippen molar-refractivity contribution in [2.45, 2.75) is 33.1 Å². The van der Waals surface area contributed by atoms with Gasteiger partial charge in [0.1, 0.15) is 0 Å². The van der Waals surface area contributed by atoms with Crippen LogP contribution in [0.2, 0.25) is 0 Å². The van der Waals surface area contributed by atoms with Crippen LogP contribution in [0.1, 0.15) is 33.1 Å². The Morgan fingerprint density at radius 2 is 2.04 bits per heavy atom. The van der Waals surface area contributed by atoms with Gasteiger partial charge >= 0.3 is 0 Å². The summed E-state index contributed by atoms with van der Waals surface area (Å²) in [5, 5.41) is 6.71. The Balaban J connectivity index is 0.00000529. The SMILES string of the molecule is CCCN(CC)CCNC(=NC)NCCCOCC1CCOC1.I. The summed E-state index contributed by atoms with van der Waals surface area (Å²) >= 11 is 0. The highest BCUT2D eigenvalue weighted by molar-refractivity contribution is 14.0. The van der Waals surface area contributed by atoms with Crippen LogP contribution in [0.5, 0.6) is 0 Å². The molecule has 144 valence electrons. The molecule has 0 radical (unpaired) electrons. The monoisotopic (exact) mass is 456 g/mol. The van der Waals surface area contributed by atoms with E-state index in [-0.39, 0.29) is 24.0 Å². The van der Waals surface area contributed by atoms with Gasteiger partial charge in [-0.25, -0.2) is 0 Å². The van der Waals surface area contributed by atoms with Gasteiger partial charge in [-0.1, -0.05) is 13.8 Å². The maximum atomic E-state index is 5.70. The number of nitrogens with zero attached hydrogens (tertiary/aromatic N) is 2. The second kappa shape index (κ2) is 16.4. The molecule has 7 heteroatoms. The second-order valence-electron chi connectivity index (χ2n) is 6.02. The quantitative estimate of drug-likeness (QED) is 0.204. The Bertz CT molecular complexity index is 313. The molecule has 6 nitrogen and oxygen atoms in total. The molecule has 2 N–H and O–H groups in total. The van der Waals surface area contributed by atoms with Crippen LogP contribution in [0.4, 0.5) is 0 Å². The smallest absolute Gasteiger partial charge is 0.191 e. The van der Waals surface area contributed by atoms with Gasteiger partial charge in [0.05, 0.1) is 13.2 Å². The summed E-state index contributed by atoms with van der Waals surface area (Å²) in [6.07, 6.45) is 3.33. The van der Waals surface area contributed by atoms with Gasteiger partial charge in [-0.05, 0) is 32.4 Å². The zero-order valence-electron chi connectivity index (χ0n) is 15.7. The average Bonchev–Trinajstić information content (AvgIpc) is 3.08. The van der Waals surface area contributed by atoms with Crippen molar-refractivity contribution in [2.24, 2.45) is 10.9 Å². The summed E-state index contributed by atoms with van der Waals surface area (Å²) in [6, 6.07) is 0. The number of hydrogen-bond donors (Lipinski definition) is 2. The second-order valence-corrected chi connectivity index (χ2v) is 6.02. The average molecular weight is 456 g/mol. The standard InChI is InChI=1S/C17H36N4O2.HI/c1-4-10-21(5-2)11-9-20-17(18-3)19-8-6-12-22-14-16-7-13-23-15-16;/h16H,4-15H2,1-3H3,(H2,18,19,20);1H. The Labute approximate surface area is 165 Å². The number of likely N-dealkylation sites (N-methyl/N-ethyl adjacent to an activating group) is 1. The Hall–Kier alpha value is -0.120. The third-order valence-corrected chi connectivity index (χ3v) is 4.07. The maximum Gasteiger partial charge on any atom is 0.191 e. The van der Waals surface area contributed by atoms with Crippen LogP contribution in [0.3, 0.4) is 0 Å². The van der Waals surface area contributed by atoms with E-state index in [9.17, 15) is 0 Å². The van der Waals surface area contributed by atoms with Crippen molar-refractivity contribution in [2.75, 3.05) is 66.2 Å². The van der Waals surface area contributed by atoms with E-state index in [0.29, 0.717) is 5.92 Å².